The summed E-state index contributed by atoms with van der Waals surface area (Å²) in [5.74, 6) is -1.21. The largest absolute Gasteiger partial charge is 0.479 e. The van der Waals surface area contributed by atoms with E-state index in [1.807, 2.05) is 0 Å². The number of nitrogens with zero attached hydrogens (tertiary/aromatic N) is 3. The smallest absolute Gasteiger partial charge is 0.277 e. The van der Waals surface area contributed by atoms with Gasteiger partial charge in [-0.3, -0.25) is 29.8 Å². The second kappa shape index (κ2) is 9.17. The molecule has 178 valence electrons. The Labute approximate surface area is 197 Å². The van der Waals surface area contributed by atoms with Crippen LogP contribution >= 0.6 is 0 Å². The van der Waals surface area contributed by atoms with Crippen molar-refractivity contribution in [2.45, 2.75) is 19.6 Å². The quantitative estimate of drug-likeness (QED) is 0.411. The van der Waals surface area contributed by atoms with Crippen molar-refractivity contribution in [1.82, 2.24) is 0 Å². The van der Waals surface area contributed by atoms with Crippen molar-refractivity contribution < 1.29 is 28.6 Å². The van der Waals surface area contributed by atoms with Crippen molar-refractivity contribution in [1.29, 1.82) is 0 Å². The van der Waals surface area contributed by atoms with Crippen LogP contribution in [0, 0.1) is 26.0 Å². The average molecular weight is 480 g/mol. The van der Waals surface area contributed by atoms with E-state index in [9.17, 15) is 34.2 Å². The average Bonchev–Trinajstić information content (AvgIpc) is 2.83. The first-order chi connectivity index (χ1) is 16.6. The predicted molar refractivity (Wildman–Crippen MR) is 122 cm³/mol. The van der Waals surface area contributed by atoms with Crippen LogP contribution in [0.4, 0.5) is 27.1 Å². The lowest BCUT2D eigenvalue weighted by Crippen LogP contribution is -2.44. The Morgan fingerprint density at radius 3 is 2.26 bits per heavy atom. The van der Waals surface area contributed by atoms with Crippen LogP contribution in [0.1, 0.15) is 22.8 Å². The molecule has 3 aromatic carbocycles. The van der Waals surface area contributed by atoms with E-state index in [0.29, 0.717) is 17.0 Å². The summed E-state index contributed by atoms with van der Waals surface area (Å²) in [6, 6.07) is 12.8. The molecule has 0 spiro atoms. The van der Waals surface area contributed by atoms with Gasteiger partial charge < -0.3 is 15.0 Å². The first-order valence-corrected chi connectivity index (χ1v) is 10.2. The summed E-state index contributed by atoms with van der Waals surface area (Å²) >= 11 is 0. The number of nitro groups is 2. The lowest BCUT2D eigenvalue weighted by molar-refractivity contribution is -0.394. The topological polar surface area (TPSA) is 145 Å². The number of carbonyl (C=O) groups is 2. The van der Waals surface area contributed by atoms with Gasteiger partial charge in [0.2, 0.25) is 0 Å². The number of amides is 2. The molecule has 0 radical (unpaired) electrons. The van der Waals surface area contributed by atoms with Gasteiger partial charge in [-0.1, -0.05) is 12.1 Å². The molecule has 0 saturated carbocycles. The summed E-state index contributed by atoms with van der Waals surface area (Å²) in [6.45, 7) is 1.71. The molecule has 0 aliphatic carbocycles. The van der Waals surface area contributed by atoms with Crippen LogP contribution in [-0.2, 0) is 11.3 Å². The van der Waals surface area contributed by atoms with Gasteiger partial charge >= 0.3 is 0 Å². The number of rotatable bonds is 6. The highest BCUT2D eigenvalue weighted by Crippen LogP contribution is 2.37. The fourth-order valence-electron chi connectivity index (χ4n) is 3.56. The zero-order valence-corrected chi connectivity index (χ0v) is 18.1. The number of hydrogen-bond donors (Lipinski definition) is 1. The molecular weight excluding hydrogens is 463 g/mol. The van der Waals surface area contributed by atoms with E-state index in [4.69, 9.17) is 4.74 Å². The highest BCUT2D eigenvalue weighted by Gasteiger charge is 2.32. The first-order valence-electron chi connectivity index (χ1n) is 10.2. The lowest BCUT2D eigenvalue weighted by atomic mass is 10.1. The Morgan fingerprint density at radius 1 is 1.03 bits per heavy atom. The van der Waals surface area contributed by atoms with Gasteiger partial charge in [-0.25, -0.2) is 4.39 Å². The molecular formula is C23H17FN4O7. The van der Waals surface area contributed by atoms with E-state index in [2.05, 4.69) is 5.32 Å². The molecule has 2 amide bonds. The summed E-state index contributed by atoms with van der Waals surface area (Å²) in [7, 11) is 0. The monoisotopic (exact) mass is 480 g/mol. The van der Waals surface area contributed by atoms with E-state index in [-0.39, 0.29) is 23.7 Å². The molecule has 1 unspecified atom stereocenters. The normalized spacial score (nSPS) is 14.6. The molecule has 1 N–H and O–H groups in total. The minimum Gasteiger partial charge on any atom is -0.479 e. The van der Waals surface area contributed by atoms with Crippen LogP contribution in [0.25, 0.3) is 0 Å². The van der Waals surface area contributed by atoms with Gasteiger partial charge in [0, 0.05) is 17.8 Å². The third kappa shape index (κ3) is 4.90. The fourth-order valence-corrected chi connectivity index (χ4v) is 3.56. The van der Waals surface area contributed by atoms with Crippen LogP contribution in [0.2, 0.25) is 0 Å². The Morgan fingerprint density at radius 2 is 1.66 bits per heavy atom. The van der Waals surface area contributed by atoms with Crippen LogP contribution in [0.5, 0.6) is 5.75 Å². The minimum atomic E-state index is -0.833. The number of benzene rings is 3. The summed E-state index contributed by atoms with van der Waals surface area (Å²) < 4.78 is 18.9. The van der Waals surface area contributed by atoms with Crippen molar-refractivity contribution in [2.24, 2.45) is 0 Å². The Kier molecular flexibility index (Phi) is 6.10. The Hall–Kier alpha value is -4.87. The molecule has 0 bridgehead atoms. The number of nitrogens with one attached hydrogen (secondary N) is 1. The molecule has 4 rings (SSSR count). The number of non-ortho nitro benzene ring substituents is 2. The molecule has 1 aliphatic rings. The van der Waals surface area contributed by atoms with Gasteiger partial charge in [-0.15, -0.1) is 0 Å². The maximum atomic E-state index is 13.3. The van der Waals surface area contributed by atoms with Crippen LogP contribution in [-0.4, -0.2) is 27.8 Å². The second-order valence-corrected chi connectivity index (χ2v) is 7.70. The highest BCUT2D eigenvalue weighted by molar-refractivity contribution is 6.06. The number of hydrogen-bond acceptors (Lipinski definition) is 7. The molecule has 3 aromatic rings. The first kappa shape index (κ1) is 23.3. The standard InChI is InChI=1S/C23H17FN4O7/c1-13-23(30)26(12-14-2-4-16(24)5-3-14)20-10-17(6-7-21(20)35-13)25-22(29)15-8-18(27(31)32)11-19(9-15)28(33)34/h2-11,13H,12H2,1H3,(H,25,29). The number of carbonyl (C=O) groups excluding carboxylic acids is 2. The number of anilines is 2. The molecule has 11 nitrogen and oxygen atoms in total. The summed E-state index contributed by atoms with van der Waals surface area (Å²) in [5.41, 5.74) is -0.259. The number of ether oxygens (including phenoxy) is 1. The predicted octanol–water partition coefficient (Wildman–Crippen LogP) is 4.21. The van der Waals surface area contributed by atoms with Crippen LogP contribution < -0.4 is 15.0 Å². The minimum absolute atomic E-state index is 0.119. The summed E-state index contributed by atoms with van der Waals surface area (Å²) in [5, 5.41) is 24.8. The van der Waals surface area contributed by atoms with Gasteiger partial charge in [0.1, 0.15) is 11.6 Å². The number of fused-ring (bicyclic) bond motifs is 1. The van der Waals surface area contributed by atoms with E-state index in [1.165, 1.54) is 29.2 Å². The Bertz CT molecular complexity index is 1330. The van der Waals surface area contributed by atoms with Gasteiger partial charge in [-0.05, 0) is 42.8 Å². The fraction of sp³-hybridized carbons (Fsp3) is 0.130. The summed E-state index contributed by atoms with van der Waals surface area (Å²) in [6.07, 6.45) is -0.770. The van der Waals surface area contributed by atoms with E-state index in [0.717, 1.165) is 18.2 Å². The van der Waals surface area contributed by atoms with E-state index >= 15 is 0 Å². The lowest BCUT2D eigenvalue weighted by Gasteiger charge is -2.33. The second-order valence-electron chi connectivity index (χ2n) is 7.70. The third-order valence-electron chi connectivity index (χ3n) is 5.27. The number of halogens is 1. The van der Waals surface area contributed by atoms with Crippen molar-refractivity contribution in [3.8, 4) is 5.75 Å². The SMILES string of the molecule is CC1Oc2ccc(NC(=O)c3cc([N+](=O)[O-])cc([N+](=O)[O-])c3)cc2N(Cc2ccc(F)cc2)C1=O. The van der Waals surface area contributed by atoms with Crippen molar-refractivity contribution in [3.05, 3.63) is 97.8 Å². The molecule has 1 atom stereocenters. The van der Waals surface area contributed by atoms with Gasteiger partial charge in [0.25, 0.3) is 23.2 Å². The Balaban J connectivity index is 1.65. The highest BCUT2D eigenvalue weighted by atomic mass is 19.1. The molecule has 1 heterocycles. The van der Waals surface area contributed by atoms with E-state index in [1.54, 1.807) is 25.1 Å². The van der Waals surface area contributed by atoms with Gasteiger partial charge in [0.05, 0.1) is 33.7 Å². The zero-order valence-electron chi connectivity index (χ0n) is 18.1. The maximum absolute atomic E-state index is 13.3. The van der Waals surface area contributed by atoms with Crippen molar-refractivity contribution in [3.63, 3.8) is 0 Å². The molecule has 12 heteroatoms. The van der Waals surface area contributed by atoms with Gasteiger partial charge in [0.15, 0.2) is 6.10 Å². The number of nitro benzene ring substituents is 2. The van der Waals surface area contributed by atoms with Gasteiger partial charge in [-0.2, -0.15) is 0 Å². The molecule has 1 aliphatic heterocycles. The van der Waals surface area contributed by atoms with Crippen molar-refractivity contribution in [2.75, 3.05) is 10.2 Å². The van der Waals surface area contributed by atoms with Crippen molar-refractivity contribution >= 4 is 34.6 Å². The third-order valence-corrected chi connectivity index (χ3v) is 5.27. The van der Waals surface area contributed by atoms with E-state index < -0.39 is 39.0 Å². The van der Waals surface area contributed by atoms with Crippen LogP contribution in [0.3, 0.4) is 0 Å². The molecule has 0 saturated heterocycles. The maximum Gasteiger partial charge on any atom is 0.277 e. The molecule has 0 fully saturated rings. The zero-order chi connectivity index (χ0) is 25.3. The molecule has 0 aromatic heterocycles. The molecule has 35 heavy (non-hydrogen) atoms. The van der Waals surface area contributed by atoms with Crippen LogP contribution in [0.15, 0.2) is 60.7 Å². The summed E-state index contributed by atoms with van der Waals surface area (Å²) in [4.78, 5) is 47.6.